The molecule has 0 bridgehead atoms. The Morgan fingerprint density at radius 2 is 2.25 bits per heavy atom. The van der Waals surface area contributed by atoms with E-state index in [1.807, 2.05) is 6.07 Å². The van der Waals surface area contributed by atoms with Crippen molar-refractivity contribution in [3.8, 4) is 5.75 Å². The lowest BCUT2D eigenvalue weighted by Gasteiger charge is -2.04. The van der Waals surface area contributed by atoms with Gasteiger partial charge in [0.25, 0.3) is 0 Å². The maximum Gasteiger partial charge on any atom is 0.134 e. The molecule has 1 N–H and O–H groups in total. The van der Waals surface area contributed by atoms with Gasteiger partial charge >= 0.3 is 0 Å². The third-order valence-electron chi connectivity index (χ3n) is 2.38. The first-order valence-electron chi connectivity index (χ1n) is 5.22. The van der Waals surface area contributed by atoms with Gasteiger partial charge in [-0.05, 0) is 46.8 Å². The molecule has 0 fully saturated rings. The lowest BCUT2D eigenvalue weighted by Crippen LogP contribution is -2.16. The van der Waals surface area contributed by atoms with Crippen molar-refractivity contribution in [2.45, 2.75) is 13.0 Å². The highest BCUT2D eigenvalue weighted by atomic mass is 32.1. The molecule has 0 spiro atoms. The fraction of sp³-hybridized carbons (Fsp3) is 0.333. The molecule has 0 atom stereocenters. The van der Waals surface area contributed by atoms with Crippen LogP contribution in [0.15, 0.2) is 28.3 Å². The van der Waals surface area contributed by atoms with Crippen LogP contribution in [0.4, 0.5) is 0 Å². The zero-order chi connectivity index (χ0) is 11.2. The molecule has 86 valence electrons. The van der Waals surface area contributed by atoms with Gasteiger partial charge in [-0.25, -0.2) is 0 Å². The van der Waals surface area contributed by atoms with E-state index in [0.29, 0.717) is 0 Å². The van der Waals surface area contributed by atoms with Crippen LogP contribution in [-0.2, 0) is 13.0 Å². The van der Waals surface area contributed by atoms with Crippen molar-refractivity contribution < 1.29 is 4.74 Å². The molecule has 0 unspecified atom stereocenters. The van der Waals surface area contributed by atoms with Crippen LogP contribution < -0.4 is 10.1 Å². The second-order valence-corrected chi connectivity index (χ2v) is 5.25. The van der Waals surface area contributed by atoms with E-state index < -0.39 is 0 Å². The minimum atomic E-state index is 0.894. The van der Waals surface area contributed by atoms with Gasteiger partial charge in [-0.1, -0.05) is 0 Å². The summed E-state index contributed by atoms with van der Waals surface area (Å²) in [6.45, 7) is 1.91. The molecule has 0 aliphatic rings. The smallest absolute Gasteiger partial charge is 0.134 e. The minimum absolute atomic E-state index is 0.894. The minimum Gasteiger partial charge on any atom is -0.496 e. The van der Waals surface area contributed by atoms with Gasteiger partial charge in [0.15, 0.2) is 0 Å². The van der Waals surface area contributed by atoms with Crippen LogP contribution in [0.1, 0.15) is 10.4 Å². The molecule has 0 aliphatic carbocycles. The Morgan fingerprint density at radius 1 is 1.31 bits per heavy atom. The van der Waals surface area contributed by atoms with E-state index >= 15 is 0 Å². The summed E-state index contributed by atoms with van der Waals surface area (Å²) in [7, 11) is 1.72. The normalized spacial score (nSPS) is 10.6. The Kier molecular flexibility index (Phi) is 4.39. The van der Waals surface area contributed by atoms with Crippen molar-refractivity contribution >= 4 is 22.7 Å². The molecule has 0 amide bonds. The van der Waals surface area contributed by atoms with E-state index in [0.717, 1.165) is 25.3 Å². The lowest BCUT2D eigenvalue weighted by molar-refractivity contribution is 0.410. The van der Waals surface area contributed by atoms with Crippen LogP contribution in [0.25, 0.3) is 0 Å². The molecule has 0 aromatic carbocycles. The number of methoxy groups -OCH3 is 1. The molecule has 2 aromatic heterocycles. The zero-order valence-corrected chi connectivity index (χ0v) is 10.9. The Hall–Kier alpha value is -0.840. The summed E-state index contributed by atoms with van der Waals surface area (Å²) in [5.74, 6) is 0.994. The summed E-state index contributed by atoms with van der Waals surface area (Å²) in [6.07, 6.45) is 1.09. The van der Waals surface area contributed by atoms with Crippen molar-refractivity contribution in [3.05, 3.63) is 38.7 Å². The molecular weight excluding hydrogens is 238 g/mol. The summed E-state index contributed by atoms with van der Waals surface area (Å²) in [6, 6.07) is 4.19. The second-order valence-electron chi connectivity index (χ2n) is 3.47. The van der Waals surface area contributed by atoms with Crippen molar-refractivity contribution in [1.82, 2.24) is 5.32 Å². The molecule has 2 aromatic rings. The van der Waals surface area contributed by atoms with E-state index in [4.69, 9.17) is 4.74 Å². The van der Waals surface area contributed by atoms with Crippen LogP contribution in [0.5, 0.6) is 5.75 Å². The molecule has 4 heteroatoms. The summed E-state index contributed by atoms with van der Waals surface area (Å²) in [5, 5.41) is 9.82. The van der Waals surface area contributed by atoms with Gasteiger partial charge in [-0.2, -0.15) is 11.3 Å². The summed E-state index contributed by atoms with van der Waals surface area (Å²) in [5.41, 5.74) is 1.41. The number of nitrogens with one attached hydrogen (secondary N) is 1. The topological polar surface area (TPSA) is 21.3 Å². The van der Waals surface area contributed by atoms with E-state index in [-0.39, 0.29) is 0 Å². The number of ether oxygens (including phenoxy) is 1. The van der Waals surface area contributed by atoms with Crippen LogP contribution in [0.2, 0.25) is 0 Å². The van der Waals surface area contributed by atoms with Crippen LogP contribution in [-0.4, -0.2) is 13.7 Å². The van der Waals surface area contributed by atoms with Gasteiger partial charge in [0.1, 0.15) is 5.75 Å². The highest BCUT2D eigenvalue weighted by Gasteiger charge is 2.03. The predicted molar refractivity (Wildman–Crippen MR) is 70.6 cm³/mol. The first-order chi connectivity index (χ1) is 7.90. The number of hydrogen-bond donors (Lipinski definition) is 1. The van der Waals surface area contributed by atoms with Crippen LogP contribution >= 0.6 is 22.7 Å². The number of rotatable bonds is 6. The molecule has 2 nitrogen and oxygen atoms in total. The quantitative estimate of drug-likeness (QED) is 0.799. The summed E-state index contributed by atoms with van der Waals surface area (Å²) in [4.78, 5) is 1.27. The zero-order valence-electron chi connectivity index (χ0n) is 9.23. The van der Waals surface area contributed by atoms with E-state index in [1.54, 1.807) is 29.8 Å². The van der Waals surface area contributed by atoms with Crippen LogP contribution in [0, 0.1) is 0 Å². The van der Waals surface area contributed by atoms with Gasteiger partial charge in [0.2, 0.25) is 0 Å². The van der Waals surface area contributed by atoms with E-state index in [1.165, 1.54) is 10.4 Å². The van der Waals surface area contributed by atoms with Gasteiger partial charge in [-0.15, -0.1) is 11.3 Å². The predicted octanol–water partition coefficient (Wildman–Crippen LogP) is 3.15. The fourth-order valence-corrected chi connectivity index (χ4v) is 3.02. The number of hydrogen-bond acceptors (Lipinski definition) is 4. The monoisotopic (exact) mass is 253 g/mol. The molecule has 2 heterocycles. The highest BCUT2D eigenvalue weighted by Crippen LogP contribution is 2.23. The largest absolute Gasteiger partial charge is 0.496 e. The molecule has 2 rings (SSSR count). The fourth-order valence-electron chi connectivity index (χ4n) is 1.51. The van der Waals surface area contributed by atoms with Crippen molar-refractivity contribution in [2.75, 3.05) is 13.7 Å². The van der Waals surface area contributed by atoms with Crippen LogP contribution in [0.3, 0.4) is 0 Å². The van der Waals surface area contributed by atoms with Gasteiger partial charge in [-0.3, -0.25) is 0 Å². The molecular formula is C12H15NOS2. The molecule has 0 aliphatic heterocycles. The first kappa shape index (κ1) is 11.6. The van der Waals surface area contributed by atoms with Gasteiger partial charge < -0.3 is 10.1 Å². The Balaban J connectivity index is 1.72. The summed E-state index contributed by atoms with van der Waals surface area (Å²) >= 11 is 3.49. The third-order valence-corrected chi connectivity index (χ3v) is 4.01. The van der Waals surface area contributed by atoms with Crippen molar-refractivity contribution in [1.29, 1.82) is 0 Å². The maximum absolute atomic E-state index is 5.26. The Bertz CT molecular complexity index is 408. The van der Waals surface area contributed by atoms with Gasteiger partial charge in [0, 0.05) is 6.54 Å². The Morgan fingerprint density at radius 3 is 3.00 bits per heavy atom. The highest BCUT2D eigenvalue weighted by molar-refractivity contribution is 7.10. The standard InChI is InChI=1S/C12H15NOS2/c1-14-11-4-7-16-12(11)8-13-5-2-10-3-6-15-9-10/h3-4,6-7,9,13H,2,5,8H2,1H3. The Labute approximate surface area is 104 Å². The molecule has 16 heavy (non-hydrogen) atoms. The molecule has 0 saturated carbocycles. The van der Waals surface area contributed by atoms with E-state index in [2.05, 4.69) is 27.5 Å². The van der Waals surface area contributed by atoms with Crippen molar-refractivity contribution in [2.24, 2.45) is 0 Å². The lowest BCUT2D eigenvalue weighted by atomic mass is 10.2. The maximum atomic E-state index is 5.26. The SMILES string of the molecule is COc1ccsc1CNCCc1ccsc1. The third kappa shape index (κ3) is 3.07. The van der Waals surface area contributed by atoms with E-state index in [9.17, 15) is 0 Å². The first-order valence-corrected chi connectivity index (χ1v) is 7.04. The summed E-state index contributed by atoms with van der Waals surface area (Å²) < 4.78 is 5.26. The van der Waals surface area contributed by atoms with Crippen molar-refractivity contribution in [3.63, 3.8) is 0 Å². The molecule has 0 radical (unpaired) electrons. The average molecular weight is 253 g/mol. The van der Waals surface area contributed by atoms with Gasteiger partial charge in [0.05, 0.1) is 12.0 Å². The second kappa shape index (κ2) is 6.03. The molecule has 0 saturated heterocycles. The number of thiophene rings is 2. The average Bonchev–Trinajstić information content (AvgIpc) is 2.95.